The third kappa shape index (κ3) is 6.74. The van der Waals surface area contributed by atoms with Crippen molar-refractivity contribution >= 4 is 11.8 Å². The first kappa shape index (κ1) is 11.4. The fourth-order valence-corrected chi connectivity index (χ4v) is 2.45. The number of rotatable bonds is 6. The van der Waals surface area contributed by atoms with Gasteiger partial charge in [-0.25, -0.2) is 0 Å². The minimum atomic E-state index is 0.803. The number of unbranched alkanes of at least 4 members (excludes halogenated alkanes) is 1. The maximum Gasteiger partial charge on any atom is 0.00470 e. The van der Waals surface area contributed by atoms with Gasteiger partial charge >= 0.3 is 0 Å². The molecule has 0 heterocycles. The van der Waals surface area contributed by atoms with Crippen LogP contribution in [0.25, 0.3) is 0 Å². The molecule has 0 fully saturated rings. The molecule has 1 unspecified atom stereocenters. The average Bonchev–Trinajstić information content (AvgIpc) is 1.97. The highest BCUT2D eigenvalue weighted by atomic mass is 32.2. The summed E-state index contributed by atoms with van der Waals surface area (Å²) in [6.45, 7) is 9.15. The Balaban J connectivity index is 3.41. The second-order valence-corrected chi connectivity index (χ2v) is 5.24. The number of hydrogen-bond acceptors (Lipinski definition) is 1. The van der Waals surface area contributed by atoms with Crippen molar-refractivity contribution < 1.29 is 0 Å². The smallest absolute Gasteiger partial charge is 0.00470 e. The molecule has 0 spiro atoms. The van der Waals surface area contributed by atoms with Crippen LogP contribution in [0.4, 0.5) is 0 Å². The van der Waals surface area contributed by atoms with E-state index in [1.165, 1.54) is 25.7 Å². The van der Waals surface area contributed by atoms with Crippen LogP contribution in [0.2, 0.25) is 0 Å². The molecular formula is C10H22S. The van der Waals surface area contributed by atoms with E-state index in [1.54, 1.807) is 0 Å². The first-order valence-corrected chi connectivity index (χ1v) is 5.80. The summed E-state index contributed by atoms with van der Waals surface area (Å²) >= 11 is 2.14. The highest BCUT2D eigenvalue weighted by molar-refractivity contribution is 8.00. The maximum absolute atomic E-state index is 2.30. The summed E-state index contributed by atoms with van der Waals surface area (Å²) in [6, 6.07) is 0. The van der Waals surface area contributed by atoms with Crippen molar-refractivity contribution in [2.45, 2.75) is 63.9 Å². The van der Waals surface area contributed by atoms with Crippen LogP contribution in [0.1, 0.15) is 53.4 Å². The summed E-state index contributed by atoms with van der Waals surface area (Å²) in [6.07, 6.45) is 5.49. The van der Waals surface area contributed by atoms with Crippen LogP contribution in [0, 0.1) is 0 Å². The van der Waals surface area contributed by atoms with E-state index in [0.29, 0.717) is 0 Å². The second-order valence-electron chi connectivity index (χ2n) is 3.36. The van der Waals surface area contributed by atoms with Gasteiger partial charge in [0.1, 0.15) is 0 Å². The highest BCUT2D eigenvalue weighted by Crippen LogP contribution is 2.24. The van der Waals surface area contributed by atoms with Crippen molar-refractivity contribution in [2.24, 2.45) is 0 Å². The van der Waals surface area contributed by atoms with E-state index in [1.807, 2.05) is 0 Å². The molecule has 1 atom stereocenters. The molecule has 0 aromatic heterocycles. The van der Waals surface area contributed by atoms with E-state index in [2.05, 4.69) is 39.5 Å². The summed E-state index contributed by atoms with van der Waals surface area (Å²) in [7, 11) is 0. The predicted octanol–water partition coefficient (Wildman–Crippen LogP) is 4.10. The normalized spacial score (nSPS) is 13.9. The number of thioether (sulfide) groups is 1. The first-order chi connectivity index (χ1) is 5.20. The van der Waals surface area contributed by atoms with Crippen molar-refractivity contribution in [3.05, 3.63) is 0 Å². The Labute approximate surface area is 76.1 Å². The van der Waals surface area contributed by atoms with Gasteiger partial charge in [0.05, 0.1) is 0 Å². The summed E-state index contributed by atoms with van der Waals surface area (Å²) < 4.78 is 0. The molecule has 0 radical (unpaired) electrons. The lowest BCUT2D eigenvalue weighted by atomic mass is 10.2. The van der Waals surface area contributed by atoms with Gasteiger partial charge in [-0.3, -0.25) is 0 Å². The van der Waals surface area contributed by atoms with Crippen molar-refractivity contribution in [3.63, 3.8) is 0 Å². The lowest BCUT2D eigenvalue weighted by Crippen LogP contribution is -2.04. The van der Waals surface area contributed by atoms with Crippen LogP contribution in [0.5, 0.6) is 0 Å². The van der Waals surface area contributed by atoms with Gasteiger partial charge in [0.15, 0.2) is 0 Å². The van der Waals surface area contributed by atoms with Gasteiger partial charge in [0, 0.05) is 5.25 Å². The van der Waals surface area contributed by atoms with Crippen molar-refractivity contribution in [3.8, 4) is 0 Å². The van der Waals surface area contributed by atoms with E-state index in [4.69, 9.17) is 0 Å². The Morgan fingerprint density at radius 2 is 1.82 bits per heavy atom. The fraction of sp³-hybridized carbons (Fsp3) is 1.00. The van der Waals surface area contributed by atoms with Crippen LogP contribution < -0.4 is 0 Å². The summed E-state index contributed by atoms with van der Waals surface area (Å²) in [5, 5.41) is 1.71. The molecule has 0 aromatic carbocycles. The Morgan fingerprint density at radius 3 is 2.18 bits per heavy atom. The zero-order valence-electron chi connectivity index (χ0n) is 8.39. The SMILES string of the molecule is CCCCC(CC)SC(C)C. The van der Waals surface area contributed by atoms with Crippen LogP contribution in [0.3, 0.4) is 0 Å². The minimum absolute atomic E-state index is 0.803. The molecule has 0 aliphatic heterocycles. The first-order valence-electron chi connectivity index (χ1n) is 4.86. The largest absolute Gasteiger partial charge is 0.156 e. The zero-order chi connectivity index (χ0) is 8.69. The molecule has 1 heteroatoms. The van der Waals surface area contributed by atoms with Gasteiger partial charge in [0.2, 0.25) is 0 Å². The monoisotopic (exact) mass is 174 g/mol. The molecular weight excluding hydrogens is 152 g/mol. The molecule has 0 saturated heterocycles. The summed E-state index contributed by atoms with van der Waals surface area (Å²) in [5.74, 6) is 0. The predicted molar refractivity (Wildman–Crippen MR) is 56.3 cm³/mol. The molecule has 0 nitrogen and oxygen atoms in total. The summed E-state index contributed by atoms with van der Waals surface area (Å²) in [4.78, 5) is 0. The lowest BCUT2D eigenvalue weighted by Gasteiger charge is -2.15. The Hall–Kier alpha value is 0.350. The van der Waals surface area contributed by atoms with Gasteiger partial charge in [-0.2, -0.15) is 11.8 Å². The van der Waals surface area contributed by atoms with Crippen LogP contribution in [-0.4, -0.2) is 10.5 Å². The van der Waals surface area contributed by atoms with Gasteiger partial charge in [-0.1, -0.05) is 40.5 Å². The van der Waals surface area contributed by atoms with E-state index in [9.17, 15) is 0 Å². The standard InChI is InChI=1S/C10H22S/c1-5-7-8-10(6-2)11-9(3)4/h9-10H,5-8H2,1-4H3. The van der Waals surface area contributed by atoms with E-state index >= 15 is 0 Å². The lowest BCUT2D eigenvalue weighted by molar-refractivity contribution is 0.668. The second kappa shape index (κ2) is 7.02. The Morgan fingerprint density at radius 1 is 1.18 bits per heavy atom. The molecule has 0 N–H and O–H groups in total. The van der Waals surface area contributed by atoms with Crippen molar-refractivity contribution in [1.82, 2.24) is 0 Å². The van der Waals surface area contributed by atoms with E-state index in [0.717, 1.165) is 10.5 Å². The van der Waals surface area contributed by atoms with E-state index in [-0.39, 0.29) is 0 Å². The van der Waals surface area contributed by atoms with Gasteiger partial charge in [0.25, 0.3) is 0 Å². The van der Waals surface area contributed by atoms with Crippen molar-refractivity contribution in [2.75, 3.05) is 0 Å². The van der Waals surface area contributed by atoms with Crippen LogP contribution in [-0.2, 0) is 0 Å². The summed E-state index contributed by atoms with van der Waals surface area (Å²) in [5.41, 5.74) is 0. The quantitative estimate of drug-likeness (QED) is 0.584. The third-order valence-corrected chi connectivity index (χ3v) is 3.30. The third-order valence-electron chi connectivity index (χ3n) is 1.80. The zero-order valence-corrected chi connectivity index (χ0v) is 9.21. The molecule has 0 aromatic rings. The Kier molecular flexibility index (Phi) is 7.25. The molecule has 68 valence electrons. The molecule has 0 aliphatic rings. The van der Waals surface area contributed by atoms with E-state index < -0.39 is 0 Å². The fourth-order valence-electron chi connectivity index (χ4n) is 1.19. The van der Waals surface area contributed by atoms with Gasteiger partial charge < -0.3 is 0 Å². The molecule has 11 heavy (non-hydrogen) atoms. The van der Waals surface area contributed by atoms with Crippen LogP contribution >= 0.6 is 11.8 Å². The van der Waals surface area contributed by atoms with Crippen LogP contribution in [0.15, 0.2) is 0 Å². The molecule has 0 rings (SSSR count). The Bertz CT molecular complexity index is 78.9. The average molecular weight is 174 g/mol. The number of hydrogen-bond donors (Lipinski definition) is 0. The minimum Gasteiger partial charge on any atom is -0.156 e. The molecule has 0 bridgehead atoms. The molecule has 0 aliphatic carbocycles. The maximum atomic E-state index is 2.30. The van der Waals surface area contributed by atoms with Crippen molar-refractivity contribution in [1.29, 1.82) is 0 Å². The van der Waals surface area contributed by atoms with Gasteiger partial charge in [-0.15, -0.1) is 0 Å². The van der Waals surface area contributed by atoms with Gasteiger partial charge in [-0.05, 0) is 18.1 Å². The topological polar surface area (TPSA) is 0 Å². The molecule has 0 amide bonds. The highest BCUT2D eigenvalue weighted by Gasteiger charge is 2.07. The molecule has 0 saturated carbocycles.